The number of benzene rings is 1. The summed E-state index contributed by atoms with van der Waals surface area (Å²) in [6.07, 6.45) is 5.50. The molecule has 0 bridgehead atoms. The second kappa shape index (κ2) is 4.49. The Labute approximate surface area is 95.9 Å². The van der Waals surface area contributed by atoms with Crippen molar-refractivity contribution in [2.24, 2.45) is 5.73 Å². The molecule has 3 heteroatoms. The van der Waals surface area contributed by atoms with Gasteiger partial charge in [0.25, 0.3) is 0 Å². The zero-order chi connectivity index (χ0) is 11.5. The summed E-state index contributed by atoms with van der Waals surface area (Å²) in [6.45, 7) is 4.96. The van der Waals surface area contributed by atoms with Gasteiger partial charge in [-0.25, -0.2) is 4.98 Å². The van der Waals surface area contributed by atoms with E-state index in [1.54, 1.807) is 12.5 Å². The standard InChI is InChI=1S/C13H17N3/c1-10-5-11(2)7-12(6-10)13(14)8-16-4-3-15-9-16/h3-7,9,13H,8,14H2,1-2H3. The molecule has 0 amide bonds. The third-order valence-corrected chi connectivity index (χ3v) is 2.64. The summed E-state index contributed by atoms with van der Waals surface area (Å²) in [5.41, 5.74) is 9.88. The number of aromatic nitrogens is 2. The fraction of sp³-hybridized carbons (Fsp3) is 0.308. The number of imidazole rings is 1. The van der Waals surface area contributed by atoms with Crippen molar-refractivity contribution in [1.29, 1.82) is 0 Å². The minimum absolute atomic E-state index is 0.0211. The highest BCUT2D eigenvalue weighted by Gasteiger charge is 2.07. The van der Waals surface area contributed by atoms with Crippen molar-refractivity contribution in [3.05, 3.63) is 53.6 Å². The van der Waals surface area contributed by atoms with Crippen LogP contribution in [0.15, 0.2) is 36.9 Å². The van der Waals surface area contributed by atoms with Gasteiger partial charge >= 0.3 is 0 Å². The zero-order valence-electron chi connectivity index (χ0n) is 9.72. The van der Waals surface area contributed by atoms with E-state index in [0.29, 0.717) is 0 Å². The van der Waals surface area contributed by atoms with Crippen molar-refractivity contribution in [2.75, 3.05) is 0 Å². The summed E-state index contributed by atoms with van der Waals surface area (Å²) in [4.78, 5) is 4.01. The second-order valence-electron chi connectivity index (χ2n) is 4.29. The lowest BCUT2D eigenvalue weighted by molar-refractivity contribution is 0.576. The highest BCUT2D eigenvalue weighted by molar-refractivity contribution is 5.30. The Balaban J connectivity index is 2.17. The molecule has 1 aromatic heterocycles. The van der Waals surface area contributed by atoms with Crippen LogP contribution in [0.3, 0.4) is 0 Å². The third kappa shape index (κ3) is 2.49. The van der Waals surface area contributed by atoms with E-state index in [4.69, 9.17) is 5.73 Å². The summed E-state index contributed by atoms with van der Waals surface area (Å²) < 4.78 is 2.00. The number of hydrogen-bond acceptors (Lipinski definition) is 2. The summed E-state index contributed by atoms with van der Waals surface area (Å²) in [6, 6.07) is 6.48. The first-order valence-corrected chi connectivity index (χ1v) is 5.44. The van der Waals surface area contributed by atoms with Gasteiger partial charge in [0.15, 0.2) is 0 Å². The van der Waals surface area contributed by atoms with Crippen LogP contribution in [-0.2, 0) is 6.54 Å². The van der Waals surface area contributed by atoms with E-state index in [0.717, 1.165) is 6.54 Å². The maximum atomic E-state index is 6.18. The van der Waals surface area contributed by atoms with E-state index < -0.39 is 0 Å². The number of aryl methyl sites for hydroxylation is 2. The molecular weight excluding hydrogens is 198 g/mol. The number of nitrogens with zero attached hydrogens (tertiary/aromatic N) is 2. The first-order chi connectivity index (χ1) is 7.65. The van der Waals surface area contributed by atoms with Gasteiger partial charge in [-0.1, -0.05) is 29.3 Å². The van der Waals surface area contributed by atoms with E-state index in [1.807, 2.05) is 10.8 Å². The van der Waals surface area contributed by atoms with E-state index >= 15 is 0 Å². The monoisotopic (exact) mass is 215 g/mol. The van der Waals surface area contributed by atoms with Crippen molar-refractivity contribution in [1.82, 2.24) is 9.55 Å². The van der Waals surface area contributed by atoms with Gasteiger partial charge in [0.05, 0.1) is 6.33 Å². The topological polar surface area (TPSA) is 43.8 Å². The van der Waals surface area contributed by atoms with E-state index in [9.17, 15) is 0 Å². The van der Waals surface area contributed by atoms with E-state index in [-0.39, 0.29) is 6.04 Å². The molecule has 0 aliphatic rings. The minimum atomic E-state index is 0.0211. The van der Waals surface area contributed by atoms with Crippen LogP contribution in [0, 0.1) is 13.8 Å². The Morgan fingerprint density at radius 1 is 1.25 bits per heavy atom. The molecule has 0 saturated carbocycles. The van der Waals surface area contributed by atoms with Gasteiger partial charge < -0.3 is 10.3 Å². The van der Waals surface area contributed by atoms with Crippen molar-refractivity contribution in [2.45, 2.75) is 26.4 Å². The molecule has 0 fully saturated rings. The molecule has 0 spiro atoms. The van der Waals surface area contributed by atoms with Gasteiger partial charge in [-0.3, -0.25) is 0 Å². The molecule has 0 aliphatic carbocycles. The van der Waals surface area contributed by atoms with E-state index in [2.05, 4.69) is 37.0 Å². The van der Waals surface area contributed by atoms with Gasteiger partial charge in [0.1, 0.15) is 0 Å². The average molecular weight is 215 g/mol. The van der Waals surface area contributed by atoms with Crippen LogP contribution in [0.1, 0.15) is 22.7 Å². The molecule has 1 heterocycles. The van der Waals surface area contributed by atoms with Crippen LogP contribution in [-0.4, -0.2) is 9.55 Å². The molecule has 2 N–H and O–H groups in total. The predicted octanol–water partition coefficient (Wildman–Crippen LogP) is 2.20. The van der Waals surface area contributed by atoms with Crippen molar-refractivity contribution >= 4 is 0 Å². The SMILES string of the molecule is Cc1cc(C)cc(C(N)Cn2ccnc2)c1. The van der Waals surface area contributed by atoms with Gasteiger partial charge in [0, 0.05) is 25.0 Å². The van der Waals surface area contributed by atoms with Gasteiger partial charge in [0.2, 0.25) is 0 Å². The fourth-order valence-electron chi connectivity index (χ4n) is 1.95. The lowest BCUT2D eigenvalue weighted by atomic mass is 10.0. The van der Waals surface area contributed by atoms with Crippen LogP contribution in [0.4, 0.5) is 0 Å². The Hall–Kier alpha value is -1.61. The Morgan fingerprint density at radius 3 is 2.50 bits per heavy atom. The third-order valence-electron chi connectivity index (χ3n) is 2.64. The smallest absolute Gasteiger partial charge is 0.0946 e. The molecule has 16 heavy (non-hydrogen) atoms. The van der Waals surface area contributed by atoms with Gasteiger partial charge in [-0.05, 0) is 19.4 Å². The van der Waals surface area contributed by atoms with Crippen molar-refractivity contribution in [3.63, 3.8) is 0 Å². The molecule has 1 aromatic carbocycles. The highest BCUT2D eigenvalue weighted by Crippen LogP contribution is 2.16. The first-order valence-electron chi connectivity index (χ1n) is 5.44. The minimum Gasteiger partial charge on any atom is -0.336 e. The summed E-state index contributed by atoms with van der Waals surface area (Å²) in [7, 11) is 0. The molecule has 84 valence electrons. The number of rotatable bonds is 3. The number of hydrogen-bond donors (Lipinski definition) is 1. The summed E-state index contributed by atoms with van der Waals surface area (Å²) in [5.74, 6) is 0. The van der Waals surface area contributed by atoms with Crippen LogP contribution >= 0.6 is 0 Å². The summed E-state index contributed by atoms with van der Waals surface area (Å²) in [5, 5.41) is 0. The molecule has 0 aliphatic heterocycles. The average Bonchev–Trinajstić information content (AvgIpc) is 2.68. The maximum absolute atomic E-state index is 6.18. The van der Waals surface area contributed by atoms with Crippen LogP contribution in [0.2, 0.25) is 0 Å². The molecular formula is C13H17N3. The van der Waals surface area contributed by atoms with Gasteiger partial charge in [-0.15, -0.1) is 0 Å². The molecule has 3 nitrogen and oxygen atoms in total. The molecule has 1 unspecified atom stereocenters. The van der Waals surface area contributed by atoms with Crippen LogP contribution in [0.5, 0.6) is 0 Å². The summed E-state index contributed by atoms with van der Waals surface area (Å²) >= 11 is 0. The van der Waals surface area contributed by atoms with Crippen LogP contribution < -0.4 is 5.73 Å². The normalized spacial score (nSPS) is 12.7. The molecule has 0 radical (unpaired) electrons. The van der Waals surface area contributed by atoms with Gasteiger partial charge in [-0.2, -0.15) is 0 Å². The number of nitrogens with two attached hydrogens (primary N) is 1. The van der Waals surface area contributed by atoms with Crippen molar-refractivity contribution in [3.8, 4) is 0 Å². The fourth-order valence-corrected chi connectivity index (χ4v) is 1.95. The zero-order valence-corrected chi connectivity index (χ0v) is 9.72. The molecule has 2 rings (SSSR count). The molecule has 1 atom stereocenters. The Morgan fingerprint density at radius 2 is 1.94 bits per heavy atom. The lowest BCUT2D eigenvalue weighted by Gasteiger charge is -2.14. The highest BCUT2D eigenvalue weighted by atomic mass is 15.0. The second-order valence-corrected chi connectivity index (χ2v) is 4.29. The molecule has 0 saturated heterocycles. The largest absolute Gasteiger partial charge is 0.336 e. The predicted molar refractivity (Wildman–Crippen MR) is 65.1 cm³/mol. The first kappa shape index (κ1) is 10.9. The molecule has 2 aromatic rings. The Bertz CT molecular complexity index is 440. The van der Waals surface area contributed by atoms with Crippen molar-refractivity contribution < 1.29 is 0 Å². The Kier molecular flexibility index (Phi) is 3.06. The maximum Gasteiger partial charge on any atom is 0.0946 e. The quantitative estimate of drug-likeness (QED) is 0.853. The van der Waals surface area contributed by atoms with E-state index in [1.165, 1.54) is 16.7 Å². The van der Waals surface area contributed by atoms with Crippen LogP contribution in [0.25, 0.3) is 0 Å². The lowest BCUT2D eigenvalue weighted by Crippen LogP contribution is -2.17.